The molecule has 0 aromatic heterocycles. The minimum Gasteiger partial charge on any atom is -0.467 e. The number of imide groups is 1. The van der Waals surface area contributed by atoms with Crippen LogP contribution in [0.2, 0.25) is 0 Å². The van der Waals surface area contributed by atoms with Gasteiger partial charge < -0.3 is 24.4 Å². The molecule has 2 fully saturated rings. The van der Waals surface area contributed by atoms with Crippen molar-refractivity contribution < 1.29 is 38.2 Å². The Bertz CT molecular complexity index is 1310. The molecule has 37 heavy (non-hydrogen) atoms. The molecule has 1 spiro atoms. The maximum absolute atomic E-state index is 13.8. The third-order valence-corrected chi connectivity index (χ3v) is 7.37. The highest BCUT2D eigenvalue weighted by Gasteiger charge is 2.67. The Morgan fingerprint density at radius 2 is 1.76 bits per heavy atom. The third kappa shape index (κ3) is 3.16. The zero-order chi connectivity index (χ0) is 26.6. The van der Waals surface area contributed by atoms with E-state index >= 15 is 0 Å². The number of nitrogens with one attached hydrogen (secondary N) is 1. The summed E-state index contributed by atoms with van der Waals surface area (Å²) in [5, 5.41) is 2.57. The monoisotopic (exact) mass is 511 g/mol. The number of likely N-dealkylation sites (tertiary alicyclic amines) is 1. The van der Waals surface area contributed by atoms with Crippen molar-refractivity contribution in [3.8, 4) is 0 Å². The van der Waals surface area contributed by atoms with Crippen LogP contribution in [-0.2, 0) is 34.0 Å². The molecule has 0 radical (unpaired) electrons. The number of aliphatic imine (C=N–C) groups is 1. The summed E-state index contributed by atoms with van der Waals surface area (Å²) in [6.07, 6.45) is -0.0132. The van der Waals surface area contributed by atoms with E-state index in [1.54, 1.807) is 18.0 Å². The number of methoxy groups -OCH3 is 3. The first kappa shape index (κ1) is 24.3. The van der Waals surface area contributed by atoms with Crippen molar-refractivity contribution in [2.45, 2.75) is 23.9 Å². The van der Waals surface area contributed by atoms with Gasteiger partial charge in [-0.1, -0.05) is 18.2 Å². The van der Waals surface area contributed by atoms with Gasteiger partial charge in [0.1, 0.15) is 11.9 Å². The SMILES string of the molecule is COC(=O)C1=C(C(=O)OC)[C@@H]2N(C)c3ccccc3[C@@]23C[C@@H](C(=O)OC)N(C(=O)N2CCNC2=O)C3=N1. The molecule has 3 atom stereocenters. The van der Waals surface area contributed by atoms with E-state index in [0.29, 0.717) is 11.3 Å². The van der Waals surface area contributed by atoms with Gasteiger partial charge >= 0.3 is 30.0 Å². The average Bonchev–Trinajstić information content (AvgIpc) is 3.57. The van der Waals surface area contributed by atoms with Crippen LogP contribution in [0.15, 0.2) is 40.5 Å². The second-order valence-electron chi connectivity index (χ2n) is 8.96. The number of nitrogens with zero attached hydrogens (tertiary/aromatic N) is 4. The van der Waals surface area contributed by atoms with Crippen molar-refractivity contribution >= 4 is 41.5 Å². The Morgan fingerprint density at radius 1 is 1.05 bits per heavy atom. The fraction of sp³-hybridized carbons (Fsp3) is 0.417. The number of hydrogen-bond donors (Lipinski definition) is 1. The maximum Gasteiger partial charge on any atom is 0.357 e. The number of fused-ring (bicyclic) bond motifs is 1. The van der Waals surface area contributed by atoms with Crippen molar-refractivity contribution in [3.05, 3.63) is 41.1 Å². The summed E-state index contributed by atoms with van der Waals surface area (Å²) in [4.78, 5) is 73.8. The lowest BCUT2D eigenvalue weighted by Gasteiger charge is -2.39. The summed E-state index contributed by atoms with van der Waals surface area (Å²) in [5.41, 5.74) is -0.226. The molecular weight excluding hydrogens is 486 g/mol. The van der Waals surface area contributed by atoms with E-state index in [9.17, 15) is 24.0 Å². The molecule has 5 rings (SSSR count). The summed E-state index contributed by atoms with van der Waals surface area (Å²) < 4.78 is 15.0. The molecule has 1 aromatic carbocycles. The molecule has 0 saturated carbocycles. The quantitative estimate of drug-likeness (QED) is 0.442. The zero-order valence-electron chi connectivity index (χ0n) is 20.6. The number of amides is 4. The van der Waals surface area contributed by atoms with Crippen LogP contribution in [0.1, 0.15) is 12.0 Å². The normalized spacial score (nSPS) is 25.7. The molecule has 0 unspecified atom stereocenters. The first-order chi connectivity index (χ1) is 17.7. The molecule has 0 aliphatic carbocycles. The van der Waals surface area contributed by atoms with Gasteiger partial charge in [-0.25, -0.2) is 33.9 Å². The van der Waals surface area contributed by atoms with E-state index in [1.807, 2.05) is 18.2 Å². The standard InChI is InChI=1S/C24H25N5O8/c1-27-13-8-6-5-7-12(13)24-11-14(18(30)35-2)29(23(34)28-10-9-25-22(28)33)21(24)26-16(20(32)37-4)15(17(24)27)19(31)36-3/h5-8,14,17H,9-11H2,1-4H3,(H,25,33)/t14-,17-,24-/m0/s1. The molecular formula is C24H25N5O8. The Hall–Kier alpha value is -4.42. The zero-order valence-corrected chi connectivity index (χ0v) is 20.6. The van der Waals surface area contributed by atoms with E-state index in [4.69, 9.17) is 14.2 Å². The highest BCUT2D eigenvalue weighted by molar-refractivity contribution is 6.18. The first-order valence-electron chi connectivity index (χ1n) is 11.5. The minimum atomic E-state index is -1.23. The molecule has 1 aromatic rings. The smallest absolute Gasteiger partial charge is 0.357 e. The van der Waals surface area contributed by atoms with Crippen LogP contribution in [0.5, 0.6) is 0 Å². The lowest BCUT2D eigenvalue weighted by atomic mass is 9.69. The molecule has 4 aliphatic heterocycles. The van der Waals surface area contributed by atoms with Crippen molar-refractivity contribution in [2.75, 3.05) is 46.4 Å². The van der Waals surface area contributed by atoms with E-state index in [2.05, 4.69) is 10.3 Å². The second-order valence-corrected chi connectivity index (χ2v) is 8.96. The molecule has 2 saturated heterocycles. The van der Waals surface area contributed by atoms with E-state index in [0.717, 1.165) is 16.9 Å². The number of ether oxygens (including phenoxy) is 3. The van der Waals surface area contributed by atoms with Crippen LogP contribution >= 0.6 is 0 Å². The predicted molar refractivity (Wildman–Crippen MR) is 127 cm³/mol. The first-order valence-corrected chi connectivity index (χ1v) is 11.5. The Kier molecular flexibility index (Phi) is 5.65. The molecule has 194 valence electrons. The molecule has 13 nitrogen and oxygen atoms in total. The van der Waals surface area contributed by atoms with Crippen LogP contribution in [0.3, 0.4) is 0 Å². The number of para-hydroxylation sites is 1. The van der Waals surface area contributed by atoms with Crippen LogP contribution < -0.4 is 10.2 Å². The van der Waals surface area contributed by atoms with Crippen molar-refractivity contribution in [3.63, 3.8) is 0 Å². The van der Waals surface area contributed by atoms with Crippen molar-refractivity contribution in [1.29, 1.82) is 0 Å². The van der Waals surface area contributed by atoms with Crippen LogP contribution in [0.4, 0.5) is 15.3 Å². The van der Waals surface area contributed by atoms with E-state index in [-0.39, 0.29) is 36.6 Å². The van der Waals surface area contributed by atoms with Crippen LogP contribution in [-0.4, -0.2) is 99.2 Å². The summed E-state index contributed by atoms with van der Waals surface area (Å²) in [6, 6.07) is 3.78. The van der Waals surface area contributed by atoms with Gasteiger partial charge in [0.2, 0.25) is 0 Å². The second kappa shape index (κ2) is 8.61. The number of benzene rings is 1. The highest BCUT2D eigenvalue weighted by atomic mass is 16.5. The lowest BCUT2D eigenvalue weighted by molar-refractivity contribution is -0.144. The number of esters is 3. The number of carbonyl (C=O) groups excluding carboxylic acids is 5. The highest BCUT2D eigenvalue weighted by Crippen LogP contribution is 2.57. The van der Waals surface area contributed by atoms with Crippen molar-refractivity contribution in [1.82, 2.24) is 15.1 Å². The van der Waals surface area contributed by atoms with Gasteiger partial charge in [0.05, 0.1) is 38.4 Å². The summed E-state index contributed by atoms with van der Waals surface area (Å²) in [5.74, 6) is -2.41. The maximum atomic E-state index is 13.8. The number of rotatable bonds is 3. The Labute approximate surface area is 211 Å². The average molecular weight is 511 g/mol. The summed E-state index contributed by atoms with van der Waals surface area (Å²) in [7, 11) is 5.26. The number of amidine groups is 1. The third-order valence-electron chi connectivity index (χ3n) is 7.37. The lowest BCUT2D eigenvalue weighted by Crippen LogP contribution is -2.57. The van der Waals surface area contributed by atoms with E-state index < -0.39 is 47.5 Å². The fourth-order valence-corrected chi connectivity index (χ4v) is 5.88. The largest absolute Gasteiger partial charge is 0.467 e. The summed E-state index contributed by atoms with van der Waals surface area (Å²) in [6.45, 7) is 0.322. The predicted octanol–water partition coefficient (Wildman–Crippen LogP) is 0.148. The van der Waals surface area contributed by atoms with Crippen LogP contribution in [0.25, 0.3) is 0 Å². The Balaban J connectivity index is 1.82. The van der Waals surface area contributed by atoms with Gasteiger partial charge in [-0.3, -0.25) is 4.90 Å². The van der Waals surface area contributed by atoms with Gasteiger partial charge in [-0.2, -0.15) is 0 Å². The topological polar surface area (TPSA) is 147 Å². The number of urea groups is 2. The van der Waals surface area contributed by atoms with Gasteiger partial charge in [0, 0.05) is 25.8 Å². The fourth-order valence-electron chi connectivity index (χ4n) is 5.88. The number of carbonyl (C=O) groups is 5. The molecule has 4 heterocycles. The van der Waals surface area contributed by atoms with E-state index in [1.165, 1.54) is 14.2 Å². The molecule has 4 amide bonds. The van der Waals surface area contributed by atoms with Crippen molar-refractivity contribution in [2.24, 2.45) is 4.99 Å². The van der Waals surface area contributed by atoms with Gasteiger partial charge in [-0.15, -0.1) is 0 Å². The summed E-state index contributed by atoms with van der Waals surface area (Å²) >= 11 is 0. The number of likely N-dealkylation sites (N-methyl/N-ethyl adjacent to an activating group) is 1. The van der Waals surface area contributed by atoms with Crippen LogP contribution in [0, 0.1) is 0 Å². The minimum absolute atomic E-state index is 0.0132. The number of anilines is 1. The molecule has 13 heteroatoms. The number of hydrogen-bond acceptors (Lipinski definition) is 10. The molecule has 1 N–H and O–H groups in total. The van der Waals surface area contributed by atoms with Gasteiger partial charge in [0.25, 0.3) is 0 Å². The molecule has 4 aliphatic rings. The molecule has 0 bridgehead atoms. The Morgan fingerprint density at radius 3 is 2.38 bits per heavy atom. The van der Waals surface area contributed by atoms with Gasteiger partial charge in [0.15, 0.2) is 5.70 Å². The van der Waals surface area contributed by atoms with Gasteiger partial charge in [-0.05, 0) is 18.1 Å².